The minimum atomic E-state index is -0.325. The minimum Gasteiger partial charge on any atom is -0.493 e. The van der Waals surface area contributed by atoms with Gasteiger partial charge >= 0.3 is 0 Å². The van der Waals surface area contributed by atoms with E-state index in [0.717, 1.165) is 23.7 Å². The number of ether oxygens (including phenoxy) is 2. The summed E-state index contributed by atoms with van der Waals surface area (Å²) < 4.78 is 24.4. The molecule has 0 unspecified atom stereocenters. The molecular formula is C27H23ClFNO4S. The first-order valence-electron chi connectivity index (χ1n) is 11.0. The first kappa shape index (κ1) is 24.8. The first-order chi connectivity index (χ1) is 16.9. The van der Waals surface area contributed by atoms with Crippen LogP contribution < -0.4 is 9.47 Å². The van der Waals surface area contributed by atoms with Gasteiger partial charge < -0.3 is 9.47 Å². The fourth-order valence-electron chi connectivity index (χ4n) is 3.63. The number of benzene rings is 3. The lowest BCUT2D eigenvalue weighted by atomic mass is 10.1. The summed E-state index contributed by atoms with van der Waals surface area (Å²) >= 11 is 7.36. The Morgan fingerprint density at radius 1 is 1.03 bits per heavy atom. The predicted molar refractivity (Wildman–Crippen MR) is 136 cm³/mol. The Bertz CT molecular complexity index is 1250. The summed E-state index contributed by atoms with van der Waals surface area (Å²) in [4.78, 5) is 26.9. The fourth-order valence-corrected chi connectivity index (χ4v) is 4.77. The van der Waals surface area contributed by atoms with Crippen molar-refractivity contribution in [2.24, 2.45) is 0 Å². The second-order valence-corrected chi connectivity index (χ2v) is 9.27. The standard InChI is InChI=1S/C27H23ClFNO4S/c1-33-23-15-20(14-22(28)25(23)34-17-19-9-11-21(29)12-10-19)16-24-26(31)30(27(32)35-24)13-5-8-18-6-3-2-4-7-18/h2-4,6-7,9-12,14-16H,5,8,13,17H2,1H3/b24-16+. The van der Waals surface area contributed by atoms with Crippen molar-refractivity contribution in [3.63, 3.8) is 0 Å². The summed E-state index contributed by atoms with van der Waals surface area (Å²) in [7, 11) is 1.49. The number of carbonyl (C=O) groups is 2. The maximum Gasteiger partial charge on any atom is 0.293 e. The predicted octanol–water partition coefficient (Wildman–Crippen LogP) is 6.74. The lowest BCUT2D eigenvalue weighted by molar-refractivity contribution is -0.122. The number of hydrogen-bond acceptors (Lipinski definition) is 5. The average Bonchev–Trinajstić information content (AvgIpc) is 3.12. The quantitative estimate of drug-likeness (QED) is 0.298. The number of aryl methyl sites for hydroxylation is 1. The number of thioether (sulfide) groups is 1. The van der Waals surface area contributed by atoms with Crippen molar-refractivity contribution in [3.8, 4) is 11.5 Å². The van der Waals surface area contributed by atoms with E-state index in [1.165, 1.54) is 29.7 Å². The molecule has 1 aliphatic rings. The van der Waals surface area contributed by atoms with Gasteiger partial charge in [-0.2, -0.15) is 0 Å². The van der Waals surface area contributed by atoms with E-state index in [4.69, 9.17) is 21.1 Å². The molecule has 2 amide bonds. The van der Waals surface area contributed by atoms with Gasteiger partial charge in [0.05, 0.1) is 17.0 Å². The number of nitrogens with zero attached hydrogens (tertiary/aromatic N) is 1. The number of halogens is 2. The van der Waals surface area contributed by atoms with E-state index in [1.54, 1.807) is 30.3 Å². The van der Waals surface area contributed by atoms with Crippen LogP contribution in [0.1, 0.15) is 23.1 Å². The summed E-state index contributed by atoms with van der Waals surface area (Å²) in [5, 5.41) is 0.00595. The van der Waals surface area contributed by atoms with Gasteiger partial charge in [0.15, 0.2) is 11.5 Å². The van der Waals surface area contributed by atoms with Gasteiger partial charge in [0.1, 0.15) is 12.4 Å². The van der Waals surface area contributed by atoms with Crippen molar-refractivity contribution in [2.45, 2.75) is 19.4 Å². The van der Waals surface area contributed by atoms with Gasteiger partial charge in [0.25, 0.3) is 11.1 Å². The van der Waals surface area contributed by atoms with Crippen molar-refractivity contribution < 1.29 is 23.5 Å². The summed E-state index contributed by atoms with van der Waals surface area (Å²) in [5.74, 6) is 0.0757. The van der Waals surface area contributed by atoms with E-state index in [0.29, 0.717) is 40.0 Å². The Balaban J connectivity index is 1.44. The summed E-state index contributed by atoms with van der Waals surface area (Å²) in [6.07, 6.45) is 3.10. The molecule has 0 N–H and O–H groups in total. The van der Waals surface area contributed by atoms with Gasteiger partial charge in [-0.1, -0.05) is 54.1 Å². The highest BCUT2D eigenvalue weighted by Gasteiger charge is 2.34. The van der Waals surface area contributed by atoms with Gasteiger partial charge in [0.2, 0.25) is 0 Å². The summed E-state index contributed by atoms with van der Waals surface area (Å²) in [5.41, 5.74) is 2.55. The Hall–Kier alpha value is -3.29. The third-order valence-electron chi connectivity index (χ3n) is 5.41. The molecule has 1 aliphatic heterocycles. The molecule has 180 valence electrons. The largest absolute Gasteiger partial charge is 0.493 e. The van der Waals surface area contributed by atoms with Gasteiger partial charge in [0, 0.05) is 6.54 Å². The topological polar surface area (TPSA) is 55.8 Å². The summed E-state index contributed by atoms with van der Waals surface area (Å²) in [6, 6.07) is 19.2. The molecule has 8 heteroatoms. The number of imide groups is 1. The van der Waals surface area contributed by atoms with E-state index >= 15 is 0 Å². The lowest BCUT2D eigenvalue weighted by Gasteiger charge is -2.14. The molecule has 35 heavy (non-hydrogen) atoms. The normalized spacial score (nSPS) is 14.6. The van der Waals surface area contributed by atoms with Crippen LogP contribution in [0.2, 0.25) is 5.02 Å². The monoisotopic (exact) mass is 511 g/mol. The van der Waals surface area contributed by atoms with E-state index in [9.17, 15) is 14.0 Å². The van der Waals surface area contributed by atoms with Crippen LogP contribution >= 0.6 is 23.4 Å². The molecule has 0 radical (unpaired) electrons. The van der Waals surface area contributed by atoms with Gasteiger partial charge in [-0.15, -0.1) is 0 Å². The minimum absolute atomic E-state index is 0.178. The maximum atomic E-state index is 13.1. The van der Waals surface area contributed by atoms with Gasteiger partial charge in [-0.05, 0) is 71.6 Å². The van der Waals surface area contributed by atoms with Crippen LogP contribution in [0, 0.1) is 5.82 Å². The highest BCUT2D eigenvalue weighted by atomic mass is 35.5. The van der Waals surface area contributed by atoms with Crippen LogP contribution in [-0.2, 0) is 17.8 Å². The van der Waals surface area contributed by atoms with Crippen molar-refractivity contribution in [1.82, 2.24) is 4.90 Å². The molecule has 0 spiro atoms. The molecule has 3 aromatic carbocycles. The molecule has 1 fully saturated rings. The van der Waals surface area contributed by atoms with Crippen LogP contribution in [0.15, 0.2) is 71.6 Å². The van der Waals surface area contributed by atoms with Crippen LogP contribution in [0.25, 0.3) is 6.08 Å². The molecule has 0 bridgehead atoms. The molecule has 5 nitrogen and oxygen atoms in total. The first-order valence-corrected chi connectivity index (χ1v) is 12.2. The van der Waals surface area contributed by atoms with Crippen LogP contribution in [0.5, 0.6) is 11.5 Å². The Morgan fingerprint density at radius 3 is 2.49 bits per heavy atom. The molecule has 1 heterocycles. The second kappa shape index (κ2) is 11.4. The van der Waals surface area contributed by atoms with E-state index < -0.39 is 0 Å². The molecule has 0 aromatic heterocycles. The molecule has 3 aromatic rings. The fraction of sp³-hybridized carbons (Fsp3) is 0.185. The van der Waals surface area contributed by atoms with Crippen LogP contribution in [0.3, 0.4) is 0 Å². The van der Waals surface area contributed by atoms with Crippen molar-refractivity contribution in [2.75, 3.05) is 13.7 Å². The molecule has 0 aliphatic carbocycles. The summed E-state index contributed by atoms with van der Waals surface area (Å²) in [6.45, 7) is 0.536. The lowest BCUT2D eigenvalue weighted by Crippen LogP contribution is -2.29. The van der Waals surface area contributed by atoms with Crippen molar-refractivity contribution >= 4 is 40.6 Å². The zero-order chi connectivity index (χ0) is 24.8. The highest BCUT2D eigenvalue weighted by Crippen LogP contribution is 2.39. The molecular weight excluding hydrogens is 489 g/mol. The van der Waals surface area contributed by atoms with E-state index in [2.05, 4.69) is 0 Å². The molecule has 0 saturated carbocycles. The number of rotatable bonds is 9. The third-order valence-corrected chi connectivity index (χ3v) is 6.60. The Labute approximate surface area is 212 Å². The van der Waals surface area contributed by atoms with Gasteiger partial charge in [-0.3, -0.25) is 14.5 Å². The zero-order valence-corrected chi connectivity index (χ0v) is 20.6. The SMILES string of the molecule is COc1cc(/C=C2/SC(=O)N(CCCc3ccccc3)C2=O)cc(Cl)c1OCc1ccc(F)cc1. The number of carbonyl (C=O) groups excluding carboxylic acids is 2. The smallest absolute Gasteiger partial charge is 0.293 e. The zero-order valence-electron chi connectivity index (χ0n) is 19.0. The number of amides is 2. The number of methoxy groups -OCH3 is 1. The van der Waals surface area contributed by atoms with Crippen LogP contribution in [0.4, 0.5) is 9.18 Å². The average molecular weight is 512 g/mol. The maximum absolute atomic E-state index is 13.1. The van der Waals surface area contributed by atoms with Gasteiger partial charge in [-0.25, -0.2) is 4.39 Å². The second-order valence-electron chi connectivity index (χ2n) is 7.87. The molecule has 4 rings (SSSR count). The van der Waals surface area contributed by atoms with E-state index in [-0.39, 0.29) is 23.6 Å². The third kappa shape index (κ3) is 6.24. The van der Waals surface area contributed by atoms with Crippen molar-refractivity contribution in [1.29, 1.82) is 0 Å². The molecule has 1 saturated heterocycles. The van der Waals surface area contributed by atoms with E-state index in [1.807, 2.05) is 30.3 Å². The highest BCUT2D eigenvalue weighted by molar-refractivity contribution is 8.18. The number of hydrogen-bond donors (Lipinski definition) is 0. The van der Waals surface area contributed by atoms with Crippen molar-refractivity contribution in [3.05, 3.63) is 99.2 Å². The van der Waals surface area contributed by atoms with Crippen LogP contribution in [-0.4, -0.2) is 29.7 Å². The Kier molecular flexibility index (Phi) is 8.10. The molecule has 0 atom stereocenters. The Morgan fingerprint density at radius 2 is 1.77 bits per heavy atom.